The number of anilines is 1. The summed E-state index contributed by atoms with van der Waals surface area (Å²) in [5.74, 6) is 0.618. The monoisotopic (exact) mass is 425 g/mol. The van der Waals surface area contributed by atoms with Gasteiger partial charge in [0.15, 0.2) is 6.10 Å². The van der Waals surface area contributed by atoms with Gasteiger partial charge in [-0.15, -0.1) is 0 Å². The first kappa shape index (κ1) is 17.0. The van der Waals surface area contributed by atoms with Crippen molar-refractivity contribution in [3.05, 3.63) is 57.0 Å². The Hall–Kier alpha value is -1.33. The van der Waals surface area contributed by atoms with Crippen LogP contribution in [0.2, 0.25) is 0 Å². The topological polar surface area (TPSA) is 52.3 Å². The highest BCUT2D eigenvalue weighted by molar-refractivity contribution is 9.11. The van der Waals surface area contributed by atoms with E-state index in [4.69, 9.17) is 10.5 Å². The van der Waals surface area contributed by atoms with Crippen molar-refractivity contribution in [2.45, 2.75) is 25.9 Å². The number of carbonyl (C=O) groups excluding carboxylic acids is 1. The summed E-state index contributed by atoms with van der Waals surface area (Å²) in [5, 5.41) is 0. The van der Waals surface area contributed by atoms with Gasteiger partial charge in [0.25, 0.3) is 0 Å². The molecule has 1 atom stereocenters. The maximum absolute atomic E-state index is 12.7. The van der Waals surface area contributed by atoms with Gasteiger partial charge in [-0.2, -0.15) is 0 Å². The van der Waals surface area contributed by atoms with Crippen molar-refractivity contribution in [1.82, 2.24) is 0 Å². The number of rotatable bonds is 6. The van der Waals surface area contributed by atoms with Crippen molar-refractivity contribution < 1.29 is 9.53 Å². The first-order valence-corrected chi connectivity index (χ1v) is 8.61. The molecule has 0 amide bonds. The Morgan fingerprint density at radius 2 is 1.86 bits per heavy atom. The van der Waals surface area contributed by atoms with E-state index in [0.717, 1.165) is 15.4 Å². The summed E-state index contributed by atoms with van der Waals surface area (Å²) in [6.45, 7) is 2.03. The number of carbonyl (C=O) groups is 1. The van der Waals surface area contributed by atoms with Gasteiger partial charge in [0.2, 0.25) is 5.78 Å². The molecule has 0 fully saturated rings. The number of nitrogen functional groups attached to an aromatic ring is 1. The predicted molar refractivity (Wildman–Crippen MR) is 96.4 cm³/mol. The van der Waals surface area contributed by atoms with Crippen LogP contribution in [0.15, 0.2) is 51.4 Å². The molecular formula is C17H17Br2NO2. The highest BCUT2D eigenvalue weighted by Gasteiger charge is 2.23. The average molecular weight is 427 g/mol. The van der Waals surface area contributed by atoms with Gasteiger partial charge in [-0.3, -0.25) is 4.79 Å². The predicted octanol–water partition coefficient (Wildman–Crippen LogP) is 5.22. The van der Waals surface area contributed by atoms with Gasteiger partial charge in [0.05, 0.1) is 0 Å². The van der Waals surface area contributed by atoms with Crippen molar-refractivity contribution in [3.8, 4) is 5.75 Å². The first-order chi connectivity index (χ1) is 10.5. The molecular weight excluding hydrogens is 410 g/mol. The van der Waals surface area contributed by atoms with Crippen LogP contribution in [-0.4, -0.2) is 11.9 Å². The van der Waals surface area contributed by atoms with Crippen LogP contribution >= 0.6 is 31.9 Å². The standard InChI is InChI=1S/C17H17Br2NO2/c1-2-3-16(22-13-7-5-12(20)6-8-13)17(21)14-9-4-11(18)10-15(14)19/h4-10,16H,2-3,20H2,1H3. The Morgan fingerprint density at radius 3 is 2.45 bits per heavy atom. The SMILES string of the molecule is CCCC(Oc1ccc(N)cc1)C(=O)c1ccc(Br)cc1Br. The quantitative estimate of drug-likeness (QED) is 0.508. The molecule has 0 saturated carbocycles. The van der Waals surface area contributed by atoms with Crippen LogP contribution in [0, 0.1) is 0 Å². The minimum absolute atomic E-state index is 0.0296. The van der Waals surface area contributed by atoms with Crippen molar-refractivity contribution >= 4 is 43.3 Å². The second-order valence-electron chi connectivity index (χ2n) is 4.95. The molecule has 2 rings (SSSR count). The number of nitrogens with two attached hydrogens (primary N) is 1. The van der Waals surface area contributed by atoms with Gasteiger partial charge in [-0.05, 0) is 48.9 Å². The van der Waals surface area contributed by atoms with E-state index in [0.29, 0.717) is 23.4 Å². The number of hydrogen-bond donors (Lipinski definition) is 1. The molecule has 0 aliphatic rings. The van der Waals surface area contributed by atoms with E-state index < -0.39 is 6.10 Å². The minimum Gasteiger partial charge on any atom is -0.482 e. The van der Waals surface area contributed by atoms with Crippen LogP contribution in [0.3, 0.4) is 0 Å². The van der Waals surface area contributed by atoms with E-state index >= 15 is 0 Å². The van der Waals surface area contributed by atoms with Gasteiger partial charge in [0, 0.05) is 20.2 Å². The molecule has 2 aromatic rings. The highest BCUT2D eigenvalue weighted by Crippen LogP contribution is 2.25. The Bertz CT molecular complexity index is 656. The number of hydrogen-bond acceptors (Lipinski definition) is 3. The number of halogens is 2. The smallest absolute Gasteiger partial charge is 0.204 e. The van der Waals surface area contributed by atoms with Gasteiger partial charge < -0.3 is 10.5 Å². The van der Waals surface area contributed by atoms with Crippen molar-refractivity contribution in [1.29, 1.82) is 0 Å². The summed E-state index contributed by atoms with van der Waals surface area (Å²) in [6, 6.07) is 12.6. The van der Waals surface area contributed by atoms with E-state index in [1.54, 1.807) is 30.3 Å². The summed E-state index contributed by atoms with van der Waals surface area (Å²) in [5.41, 5.74) is 6.96. The fourth-order valence-electron chi connectivity index (χ4n) is 2.08. The Kier molecular flexibility index (Phi) is 6.03. The van der Waals surface area contributed by atoms with E-state index in [2.05, 4.69) is 31.9 Å². The van der Waals surface area contributed by atoms with Crippen molar-refractivity contribution in [2.24, 2.45) is 0 Å². The molecule has 5 heteroatoms. The summed E-state index contributed by atoms with van der Waals surface area (Å²) < 4.78 is 7.55. The molecule has 0 aromatic heterocycles. The summed E-state index contributed by atoms with van der Waals surface area (Å²) in [4.78, 5) is 12.7. The summed E-state index contributed by atoms with van der Waals surface area (Å²) in [6.07, 6.45) is 1.01. The van der Waals surface area contributed by atoms with E-state index in [-0.39, 0.29) is 5.78 Å². The lowest BCUT2D eigenvalue weighted by molar-refractivity contribution is 0.0776. The van der Waals surface area contributed by atoms with Crippen LogP contribution in [-0.2, 0) is 0 Å². The van der Waals surface area contributed by atoms with E-state index in [1.165, 1.54) is 0 Å². The second kappa shape index (κ2) is 7.79. The van der Waals surface area contributed by atoms with E-state index in [9.17, 15) is 4.79 Å². The zero-order valence-electron chi connectivity index (χ0n) is 12.2. The molecule has 116 valence electrons. The molecule has 0 aliphatic carbocycles. The maximum atomic E-state index is 12.7. The second-order valence-corrected chi connectivity index (χ2v) is 6.72. The molecule has 0 radical (unpaired) electrons. The van der Waals surface area contributed by atoms with Crippen molar-refractivity contribution in [2.75, 3.05) is 5.73 Å². The van der Waals surface area contributed by atoms with Crippen LogP contribution in [0.4, 0.5) is 5.69 Å². The van der Waals surface area contributed by atoms with Gasteiger partial charge >= 0.3 is 0 Å². The van der Waals surface area contributed by atoms with Crippen LogP contribution in [0.1, 0.15) is 30.1 Å². The van der Waals surface area contributed by atoms with Crippen LogP contribution in [0.25, 0.3) is 0 Å². The number of ketones is 1. The number of ether oxygens (including phenoxy) is 1. The normalized spacial score (nSPS) is 12.0. The lowest BCUT2D eigenvalue weighted by Gasteiger charge is -2.18. The lowest BCUT2D eigenvalue weighted by Crippen LogP contribution is -2.27. The molecule has 0 aliphatic heterocycles. The molecule has 0 bridgehead atoms. The van der Waals surface area contributed by atoms with Crippen LogP contribution in [0.5, 0.6) is 5.75 Å². The van der Waals surface area contributed by atoms with Crippen molar-refractivity contribution in [3.63, 3.8) is 0 Å². The number of Topliss-reactive ketones (excluding diaryl/α,β-unsaturated/α-hetero) is 1. The third-order valence-corrected chi connectivity index (χ3v) is 4.35. The van der Waals surface area contributed by atoms with Gasteiger partial charge in [0.1, 0.15) is 5.75 Å². The molecule has 2 N–H and O–H groups in total. The van der Waals surface area contributed by atoms with Gasteiger partial charge in [-0.25, -0.2) is 0 Å². The molecule has 0 saturated heterocycles. The van der Waals surface area contributed by atoms with E-state index in [1.807, 2.05) is 19.1 Å². The third-order valence-electron chi connectivity index (χ3n) is 3.20. The van der Waals surface area contributed by atoms with Gasteiger partial charge in [-0.1, -0.05) is 45.2 Å². The highest BCUT2D eigenvalue weighted by atomic mass is 79.9. The fraction of sp³-hybridized carbons (Fsp3) is 0.235. The summed E-state index contributed by atoms with van der Waals surface area (Å²) >= 11 is 6.83. The fourth-order valence-corrected chi connectivity index (χ4v) is 3.32. The zero-order valence-corrected chi connectivity index (χ0v) is 15.4. The first-order valence-electron chi connectivity index (χ1n) is 7.02. The zero-order chi connectivity index (χ0) is 16.1. The average Bonchev–Trinajstić information content (AvgIpc) is 2.48. The molecule has 1 unspecified atom stereocenters. The largest absolute Gasteiger partial charge is 0.482 e. The lowest BCUT2D eigenvalue weighted by atomic mass is 10.0. The Morgan fingerprint density at radius 1 is 1.18 bits per heavy atom. The molecule has 2 aromatic carbocycles. The molecule has 3 nitrogen and oxygen atoms in total. The molecule has 0 heterocycles. The minimum atomic E-state index is -0.508. The number of benzene rings is 2. The molecule has 0 spiro atoms. The third kappa shape index (κ3) is 4.34. The Balaban J connectivity index is 2.22. The Labute approximate surface area is 147 Å². The van der Waals surface area contributed by atoms with Crippen LogP contribution < -0.4 is 10.5 Å². The molecule has 22 heavy (non-hydrogen) atoms. The summed E-state index contributed by atoms with van der Waals surface area (Å²) in [7, 11) is 0. The maximum Gasteiger partial charge on any atom is 0.204 e.